The fourth-order valence-corrected chi connectivity index (χ4v) is 6.29. The summed E-state index contributed by atoms with van der Waals surface area (Å²) in [4.78, 5) is 38.9. The molecule has 0 saturated heterocycles. The molecule has 1 fully saturated rings. The van der Waals surface area contributed by atoms with Gasteiger partial charge in [-0.2, -0.15) is 4.68 Å². The van der Waals surface area contributed by atoms with Gasteiger partial charge in [-0.15, -0.1) is 5.10 Å². The minimum atomic E-state index is -0.507. The molecule has 3 aromatic carbocycles. The minimum Gasteiger partial charge on any atom is -0.388 e. The third-order valence-corrected chi connectivity index (χ3v) is 8.56. The van der Waals surface area contributed by atoms with Crippen molar-refractivity contribution < 1.29 is 14.0 Å². The maximum atomic E-state index is 13.9. The topological polar surface area (TPSA) is 94.2 Å². The van der Waals surface area contributed by atoms with Crippen LogP contribution in [0.2, 0.25) is 0 Å². The van der Waals surface area contributed by atoms with E-state index in [1.165, 1.54) is 4.68 Å². The lowest BCUT2D eigenvalue weighted by Gasteiger charge is -2.24. The van der Waals surface area contributed by atoms with Crippen LogP contribution < -0.4 is 11.1 Å². The first kappa shape index (κ1) is 31.2. The number of nitrogens with zero attached hydrogens (tertiary/aromatic N) is 2. The van der Waals surface area contributed by atoms with Gasteiger partial charge in [0.1, 0.15) is 5.78 Å². The van der Waals surface area contributed by atoms with Gasteiger partial charge in [0.15, 0.2) is 0 Å². The van der Waals surface area contributed by atoms with E-state index in [9.17, 15) is 14.4 Å². The number of aryl methyl sites for hydroxylation is 1. The summed E-state index contributed by atoms with van der Waals surface area (Å²) in [6, 6.07) is 23.2. The summed E-state index contributed by atoms with van der Waals surface area (Å²) in [5, 5.41) is 7.62. The molecular weight excluding hydrogens is 550 g/mol. The summed E-state index contributed by atoms with van der Waals surface area (Å²) in [6.07, 6.45) is 6.02. The predicted molar refractivity (Wildman–Crippen MR) is 174 cm³/mol. The molecule has 4 aromatic rings. The number of ketones is 1. The van der Waals surface area contributed by atoms with Crippen LogP contribution in [0.25, 0.3) is 11.5 Å². The van der Waals surface area contributed by atoms with Gasteiger partial charge in [-0.05, 0) is 78.0 Å². The molecule has 1 unspecified atom stereocenters. The number of Topliss-reactive ketones (excluding diaryl/α,β-unsaturated/α-hetero) is 1. The van der Waals surface area contributed by atoms with Gasteiger partial charge in [0, 0.05) is 24.1 Å². The molecule has 1 atom stereocenters. The van der Waals surface area contributed by atoms with Crippen LogP contribution in [0.15, 0.2) is 82.0 Å². The van der Waals surface area contributed by atoms with Crippen LogP contribution >= 0.6 is 0 Å². The molecule has 0 spiro atoms. The molecule has 1 amide bonds. The summed E-state index contributed by atoms with van der Waals surface area (Å²) in [5.74, 6) is 0.0387. The zero-order chi connectivity index (χ0) is 31.3. The highest BCUT2D eigenvalue weighted by atomic mass is 16.4. The first-order chi connectivity index (χ1) is 21.1. The Morgan fingerprint density at radius 1 is 0.977 bits per heavy atom. The standard InChI is InChI=1S/C37H43N3O4/c1-25-27(21-22-31(41)23-37(2,3)4)15-10-16-32(25)38-34(42)33(28-11-8-9-12-28)29-19-17-26(18-20-29)24-40-36(43)44-35(39-40)30-13-6-5-7-14-30/h5-7,10,13-20,28,33H,8-9,11-12,21-24H2,1-4H3,(H,38,42). The molecule has 7 nitrogen and oxygen atoms in total. The van der Waals surface area contributed by atoms with E-state index in [4.69, 9.17) is 4.42 Å². The van der Waals surface area contributed by atoms with Crippen molar-refractivity contribution >= 4 is 17.4 Å². The van der Waals surface area contributed by atoms with Crippen molar-refractivity contribution in [2.24, 2.45) is 11.3 Å². The summed E-state index contributed by atoms with van der Waals surface area (Å²) in [6.45, 7) is 8.55. The van der Waals surface area contributed by atoms with E-state index < -0.39 is 5.76 Å². The Morgan fingerprint density at radius 2 is 1.68 bits per heavy atom. The van der Waals surface area contributed by atoms with Gasteiger partial charge in [0.2, 0.25) is 11.8 Å². The normalized spacial score (nSPS) is 14.5. The van der Waals surface area contributed by atoms with Crippen LogP contribution in [-0.2, 0) is 22.6 Å². The molecule has 1 saturated carbocycles. The van der Waals surface area contributed by atoms with Gasteiger partial charge in [-0.1, -0.05) is 88.2 Å². The molecule has 1 aliphatic rings. The second kappa shape index (κ2) is 13.6. The second-order valence-electron chi connectivity index (χ2n) is 13.3. The zero-order valence-electron chi connectivity index (χ0n) is 26.3. The molecule has 1 aromatic heterocycles. The van der Waals surface area contributed by atoms with Gasteiger partial charge in [-0.3, -0.25) is 9.59 Å². The lowest BCUT2D eigenvalue weighted by Crippen LogP contribution is -2.27. The van der Waals surface area contributed by atoms with Crippen LogP contribution in [0.4, 0.5) is 5.69 Å². The Morgan fingerprint density at radius 3 is 2.36 bits per heavy atom. The fraction of sp³-hybridized carbons (Fsp3) is 0.405. The molecule has 5 rings (SSSR count). The highest BCUT2D eigenvalue weighted by molar-refractivity contribution is 5.97. The predicted octanol–water partition coefficient (Wildman–Crippen LogP) is 7.71. The van der Waals surface area contributed by atoms with Crippen molar-refractivity contribution in [3.05, 3.63) is 106 Å². The average Bonchev–Trinajstić information content (AvgIpc) is 3.64. The Balaban J connectivity index is 1.30. The molecule has 1 N–H and O–H groups in total. The van der Waals surface area contributed by atoms with E-state index in [1.807, 2.05) is 79.7 Å². The van der Waals surface area contributed by atoms with Gasteiger partial charge >= 0.3 is 5.76 Å². The fourth-order valence-electron chi connectivity index (χ4n) is 6.29. The third kappa shape index (κ3) is 7.81. The number of nitrogens with one attached hydrogen (secondary N) is 1. The number of hydrogen-bond acceptors (Lipinski definition) is 5. The Labute approximate surface area is 259 Å². The smallest absolute Gasteiger partial charge is 0.388 e. The van der Waals surface area contributed by atoms with Crippen molar-refractivity contribution in [1.29, 1.82) is 0 Å². The van der Waals surface area contributed by atoms with E-state index in [1.54, 1.807) is 0 Å². The second-order valence-corrected chi connectivity index (χ2v) is 13.3. The number of hydrogen-bond donors (Lipinski definition) is 1. The molecule has 230 valence electrons. The van der Waals surface area contributed by atoms with Crippen molar-refractivity contribution in [1.82, 2.24) is 9.78 Å². The van der Waals surface area contributed by atoms with Crippen LogP contribution in [0.5, 0.6) is 0 Å². The maximum Gasteiger partial charge on any atom is 0.437 e. The number of anilines is 1. The summed E-state index contributed by atoms with van der Waals surface area (Å²) in [7, 11) is 0. The van der Waals surface area contributed by atoms with Crippen LogP contribution in [0.3, 0.4) is 0 Å². The Kier molecular flexibility index (Phi) is 9.62. The van der Waals surface area contributed by atoms with E-state index >= 15 is 0 Å². The van der Waals surface area contributed by atoms with Gasteiger partial charge in [-0.25, -0.2) is 4.79 Å². The molecule has 1 heterocycles. The lowest BCUT2D eigenvalue weighted by atomic mass is 9.83. The summed E-state index contributed by atoms with van der Waals surface area (Å²) in [5.41, 5.74) is 5.50. The lowest BCUT2D eigenvalue weighted by molar-refractivity contribution is -0.121. The number of benzene rings is 3. The van der Waals surface area contributed by atoms with E-state index in [-0.39, 0.29) is 35.5 Å². The summed E-state index contributed by atoms with van der Waals surface area (Å²) >= 11 is 0. The molecule has 44 heavy (non-hydrogen) atoms. The van der Waals surface area contributed by atoms with Crippen molar-refractivity contribution in [2.45, 2.75) is 85.1 Å². The highest BCUT2D eigenvalue weighted by Crippen LogP contribution is 2.38. The minimum absolute atomic E-state index is 0.00562. The Bertz CT molecular complexity index is 1640. The zero-order valence-corrected chi connectivity index (χ0v) is 26.3. The monoisotopic (exact) mass is 593 g/mol. The van der Waals surface area contributed by atoms with Crippen molar-refractivity contribution in [3.63, 3.8) is 0 Å². The number of amides is 1. The highest BCUT2D eigenvalue weighted by Gasteiger charge is 2.32. The van der Waals surface area contributed by atoms with E-state index in [0.29, 0.717) is 25.2 Å². The molecule has 7 heteroatoms. The van der Waals surface area contributed by atoms with Crippen LogP contribution in [-0.4, -0.2) is 21.5 Å². The molecule has 0 radical (unpaired) electrons. The Hall–Kier alpha value is -4.26. The van der Waals surface area contributed by atoms with Gasteiger partial charge < -0.3 is 9.73 Å². The number of carbonyl (C=O) groups excluding carboxylic acids is 2. The molecular formula is C37H43N3O4. The van der Waals surface area contributed by atoms with Crippen molar-refractivity contribution in [2.75, 3.05) is 5.32 Å². The maximum absolute atomic E-state index is 13.9. The number of carbonyl (C=O) groups is 2. The van der Waals surface area contributed by atoms with E-state index in [0.717, 1.165) is 59.2 Å². The molecule has 1 aliphatic carbocycles. The van der Waals surface area contributed by atoms with Crippen molar-refractivity contribution in [3.8, 4) is 11.5 Å². The SMILES string of the molecule is Cc1c(CCC(=O)CC(C)(C)C)cccc1NC(=O)C(c1ccc(Cn2nc(-c3ccccc3)oc2=O)cc1)C1CCCC1. The average molecular weight is 594 g/mol. The van der Waals surface area contributed by atoms with E-state index in [2.05, 4.69) is 31.2 Å². The van der Waals surface area contributed by atoms with Gasteiger partial charge in [0.25, 0.3) is 0 Å². The van der Waals surface area contributed by atoms with Gasteiger partial charge in [0.05, 0.1) is 12.5 Å². The molecule has 0 aliphatic heterocycles. The van der Waals surface area contributed by atoms with Crippen LogP contribution in [0, 0.1) is 18.3 Å². The largest absolute Gasteiger partial charge is 0.437 e. The number of rotatable bonds is 11. The number of aromatic nitrogens is 2. The first-order valence-electron chi connectivity index (χ1n) is 15.7. The van der Waals surface area contributed by atoms with Crippen LogP contribution in [0.1, 0.15) is 87.5 Å². The molecule has 0 bridgehead atoms. The summed E-state index contributed by atoms with van der Waals surface area (Å²) < 4.78 is 6.71. The first-order valence-corrected chi connectivity index (χ1v) is 15.7. The third-order valence-electron chi connectivity index (χ3n) is 8.56. The quantitative estimate of drug-likeness (QED) is 0.192.